The maximum atomic E-state index is 13.9. The summed E-state index contributed by atoms with van der Waals surface area (Å²) < 4.78 is 42.4. The zero-order valence-corrected chi connectivity index (χ0v) is 18.9. The normalized spacial score (nSPS) is 21.8. The second kappa shape index (κ2) is 9.14. The zero-order valence-electron chi connectivity index (χ0n) is 18.9. The number of nitrogens with zero attached hydrogens (tertiary/aromatic N) is 3. The molecule has 2 aliphatic heterocycles. The molecule has 0 unspecified atom stereocenters. The van der Waals surface area contributed by atoms with Crippen LogP contribution in [0.4, 0.5) is 13.2 Å². The highest BCUT2D eigenvalue weighted by Crippen LogP contribution is 2.34. The van der Waals surface area contributed by atoms with Crippen molar-refractivity contribution in [3.8, 4) is 5.69 Å². The molecular weight excluding hydrogens is 475 g/mol. The Kier molecular flexibility index (Phi) is 5.99. The summed E-state index contributed by atoms with van der Waals surface area (Å²) >= 11 is 0. The molecule has 0 bridgehead atoms. The van der Waals surface area contributed by atoms with E-state index in [-0.39, 0.29) is 30.5 Å². The standard InChI is InChI=1S/C25H22F3N5O3/c26-25(27,28)21-18(13-29-33(21)17-9-5-2-6-10-17)22(34)30-16-12-20-23(35)31-19(24(36)32(20)14-16)11-15-7-3-1-4-8-15/h1-10,13,16,19-20H,11-12,14H2,(H,30,34)(H,31,35)/t16-,19-,20-/m0/s1. The number of para-hydroxylation sites is 1. The maximum Gasteiger partial charge on any atom is 0.434 e. The number of rotatable bonds is 5. The molecular formula is C25H22F3N5O3. The van der Waals surface area contributed by atoms with Crippen LogP contribution in [0.1, 0.15) is 28.0 Å². The van der Waals surface area contributed by atoms with Crippen LogP contribution in [-0.4, -0.2) is 57.1 Å². The topological polar surface area (TPSA) is 96.3 Å². The van der Waals surface area contributed by atoms with Crippen LogP contribution in [0.5, 0.6) is 0 Å². The van der Waals surface area contributed by atoms with Crippen molar-refractivity contribution in [1.29, 1.82) is 0 Å². The molecule has 0 aliphatic carbocycles. The Balaban J connectivity index is 1.32. The van der Waals surface area contributed by atoms with Crippen molar-refractivity contribution in [3.05, 3.63) is 83.7 Å². The quantitative estimate of drug-likeness (QED) is 0.566. The number of carbonyl (C=O) groups excluding carboxylic acids is 3. The summed E-state index contributed by atoms with van der Waals surface area (Å²) in [6.07, 6.45) is -3.54. The van der Waals surface area contributed by atoms with Crippen molar-refractivity contribution in [2.45, 2.75) is 37.1 Å². The van der Waals surface area contributed by atoms with E-state index in [2.05, 4.69) is 15.7 Å². The number of hydrogen-bond donors (Lipinski definition) is 2. The minimum Gasteiger partial charge on any atom is -0.347 e. The largest absolute Gasteiger partial charge is 0.434 e. The molecule has 0 saturated carbocycles. The average Bonchev–Trinajstić information content (AvgIpc) is 3.49. The van der Waals surface area contributed by atoms with Gasteiger partial charge in [0.25, 0.3) is 5.91 Å². The summed E-state index contributed by atoms with van der Waals surface area (Å²) in [6, 6.07) is 14.7. The molecule has 3 aromatic rings. The number of alkyl halides is 3. The van der Waals surface area contributed by atoms with Gasteiger partial charge in [-0.3, -0.25) is 14.4 Å². The number of halogens is 3. The first-order chi connectivity index (χ1) is 17.2. The number of aromatic nitrogens is 2. The first-order valence-electron chi connectivity index (χ1n) is 11.4. The molecule has 2 aliphatic rings. The Morgan fingerprint density at radius 2 is 1.72 bits per heavy atom. The van der Waals surface area contributed by atoms with Crippen LogP contribution in [0.2, 0.25) is 0 Å². The molecule has 8 nitrogen and oxygen atoms in total. The van der Waals surface area contributed by atoms with Crippen molar-refractivity contribution in [1.82, 2.24) is 25.3 Å². The van der Waals surface area contributed by atoms with Crippen LogP contribution in [-0.2, 0) is 22.2 Å². The van der Waals surface area contributed by atoms with Crippen molar-refractivity contribution < 1.29 is 27.6 Å². The van der Waals surface area contributed by atoms with Crippen molar-refractivity contribution in [3.63, 3.8) is 0 Å². The van der Waals surface area contributed by atoms with Gasteiger partial charge in [-0.1, -0.05) is 48.5 Å². The Morgan fingerprint density at radius 1 is 1.06 bits per heavy atom. The second-order valence-corrected chi connectivity index (χ2v) is 8.82. The van der Waals surface area contributed by atoms with E-state index in [0.717, 1.165) is 11.8 Å². The van der Waals surface area contributed by atoms with Crippen LogP contribution >= 0.6 is 0 Å². The van der Waals surface area contributed by atoms with Gasteiger partial charge < -0.3 is 15.5 Å². The Morgan fingerprint density at radius 3 is 2.39 bits per heavy atom. The fourth-order valence-corrected chi connectivity index (χ4v) is 4.77. The predicted octanol–water partition coefficient (Wildman–Crippen LogP) is 2.33. The molecule has 2 N–H and O–H groups in total. The van der Waals surface area contributed by atoms with Gasteiger partial charge in [-0.15, -0.1) is 0 Å². The van der Waals surface area contributed by atoms with E-state index in [4.69, 9.17) is 0 Å². The molecule has 186 valence electrons. The molecule has 2 saturated heterocycles. The SMILES string of the molecule is O=C(N[C@H]1C[C@H]2C(=O)N[C@@H](Cc3ccccc3)C(=O)N2C1)c1cnn(-c2ccccc2)c1C(F)(F)F. The fourth-order valence-electron chi connectivity index (χ4n) is 4.77. The number of carbonyl (C=O) groups is 3. The lowest BCUT2D eigenvalue weighted by molar-refractivity contribution is -0.147. The van der Waals surface area contributed by atoms with Crippen LogP contribution in [0.15, 0.2) is 66.9 Å². The van der Waals surface area contributed by atoms with E-state index in [1.807, 2.05) is 30.3 Å². The number of benzene rings is 2. The van der Waals surface area contributed by atoms with E-state index in [1.165, 1.54) is 17.0 Å². The lowest BCUT2D eigenvalue weighted by atomic mass is 10.0. The molecule has 5 rings (SSSR count). The Labute approximate surface area is 204 Å². The first kappa shape index (κ1) is 23.6. The highest BCUT2D eigenvalue weighted by atomic mass is 19.4. The van der Waals surface area contributed by atoms with Crippen molar-refractivity contribution in [2.24, 2.45) is 0 Å². The van der Waals surface area contributed by atoms with Crippen LogP contribution in [0.25, 0.3) is 5.69 Å². The van der Waals surface area contributed by atoms with Crippen molar-refractivity contribution in [2.75, 3.05) is 6.54 Å². The van der Waals surface area contributed by atoms with Gasteiger partial charge in [0.1, 0.15) is 12.1 Å². The molecule has 36 heavy (non-hydrogen) atoms. The highest BCUT2D eigenvalue weighted by molar-refractivity contribution is 5.99. The molecule has 3 heterocycles. The average molecular weight is 497 g/mol. The van der Waals surface area contributed by atoms with Gasteiger partial charge in [-0.05, 0) is 24.1 Å². The third-order valence-corrected chi connectivity index (χ3v) is 6.40. The summed E-state index contributed by atoms with van der Waals surface area (Å²) in [7, 11) is 0. The van der Waals surface area contributed by atoms with Gasteiger partial charge in [0.2, 0.25) is 11.8 Å². The summed E-state index contributed by atoms with van der Waals surface area (Å²) in [5.41, 5.74) is -0.782. The molecule has 1 aromatic heterocycles. The molecule has 3 atom stereocenters. The van der Waals surface area contributed by atoms with Crippen LogP contribution in [0.3, 0.4) is 0 Å². The third-order valence-electron chi connectivity index (χ3n) is 6.40. The summed E-state index contributed by atoms with van der Waals surface area (Å²) in [5.74, 6) is -1.60. The second-order valence-electron chi connectivity index (χ2n) is 8.82. The number of amides is 3. The molecule has 0 radical (unpaired) electrons. The Bertz CT molecular complexity index is 1290. The number of nitrogens with one attached hydrogen (secondary N) is 2. The fraction of sp³-hybridized carbons (Fsp3) is 0.280. The van der Waals surface area contributed by atoms with Gasteiger partial charge in [-0.2, -0.15) is 18.3 Å². The van der Waals surface area contributed by atoms with Gasteiger partial charge in [0.05, 0.1) is 17.4 Å². The predicted molar refractivity (Wildman–Crippen MR) is 122 cm³/mol. The van der Waals surface area contributed by atoms with Crippen molar-refractivity contribution >= 4 is 17.7 Å². The monoisotopic (exact) mass is 497 g/mol. The first-order valence-corrected chi connectivity index (χ1v) is 11.4. The van der Waals surface area contributed by atoms with E-state index in [9.17, 15) is 27.6 Å². The van der Waals surface area contributed by atoms with E-state index in [1.54, 1.807) is 18.2 Å². The summed E-state index contributed by atoms with van der Waals surface area (Å²) in [5, 5.41) is 9.11. The van der Waals surface area contributed by atoms with Gasteiger partial charge >= 0.3 is 6.18 Å². The van der Waals surface area contributed by atoms with Crippen LogP contribution < -0.4 is 10.6 Å². The van der Waals surface area contributed by atoms with E-state index < -0.39 is 41.5 Å². The van der Waals surface area contributed by atoms with E-state index >= 15 is 0 Å². The molecule has 3 amide bonds. The van der Waals surface area contributed by atoms with Gasteiger partial charge in [0, 0.05) is 19.0 Å². The van der Waals surface area contributed by atoms with Gasteiger partial charge in [-0.25, -0.2) is 4.68 Å². The minimum atomic E-state index is -4.84. The highest BCUT2D eigenvalue weighted by Gasteiger charge is 2.47. The summed E-state index contributed by atoms with van der Waals surface area (Å²) in [4.78, 5) is 40.0. The minimum absolute atomic E-state index is 0.0299. The number of fused-ring (bicyclic) bond motifs is 1. The molecule has 0 spiro atoms. The zero-order chi connectivity index (χ0) is 25.4. The third kappa shape index (κ3) is 4.43. The van der Waals surface area contributed by atoms with Crippen LogP contribution in [0, 0.1) is 0 Å². The number of hydrogen-bond acceptors (Lipinski definition) is 4. The molecule has 11 heteroatoms. The lowest BCUT2D eigenvalue weighted by Crippen LogP contribution is -2.61. The van der Waals surface area contributed by atoms with E-state index in [0.29, 0.717) is 11.1 Å². The smallest absolute Gasteiger partial charge is 0.347 e. The summed E-state index contributed by atoms with van der Waals surface area (Å²) in [6.45, 7) is 0.0299. The lowest BCUT2D eigenvalue weighted by Gasteiger charge is -2.34. The number of piperazine rings is 1. The van der Waals surface area contributed by atoms with Gasteiger partial charge in [0.15, 0.2) is 5.69 Å². The maximum absolute atomic E-state index is 13.9. The molecule has 2 fully saturated rings. The Hall–Kier alpha value is -4.15. The molecule has 2 aromatic carbocycles.